The van der Waals surface area contributed by atoms with Gasteiger partial charge in [0.25, 0.3) is 0 Å². The van der Waals surface area contributed by atoms with E-state index >= 15 is 0 Å². The summed E-state index contributed by atoms with van der Waals surface area (Å²) in [4.78, 5) is 24.4. The summed E-state index contributed by atoms with van der Waals surface area (Å²) in [5, 5.41) is 3.66. The maximum atomic E-state index is 12.1. The molecule has 0 saturated carbocycles. The third-order valence-electron chi connectivity index (χ3n) is 2.51. The van der Waals surface area contributed by atoms with Crippen LogP contribution in [0.2, 0.25) is 0 Å². The fourth-order valence-corrected chi connectivity index (χ4v) is 2.84. The van der Waals surface area contributed by atoms with Crippen LogP contribution in [0.4, 0.5) is 10.7 Å². The Morgan fingerprint density at radius 2 is 2.00 bits per heavy atom. The van der Waals surface area contributed by atoms with Gasteiger partial charge in [0, 0.05) is 12.5 Å². The van der Waals surface area contributed by atoms with Crippen LogP contribution in [0, 0.1) is 5.92 Å². The molecule has 0 aliphatic heterocycles. The van der Waals surface area contributed by atoms with Crippen LogP contribution in [0.25, 0.3) is 0 Å². The normalized spacial score (nSPS) is 10.6. The number of nitrogen functional groups attached to an aromatic ring is 1. The van der Waals surface area contributed by atoms with E-state index < -0.39 is 5.97 Å². The molecule has 3 N–H and O–H groups in total. The second-order valence-corrected chi connectivity index (χ2v) is 5.34. The minimum absolute atomic E-state index is 0.0581. The molecule has 19 heavy (non-hydrogen) atoms. The Kier molecular flexibility index (Phi) is 5.35. The molecule has 0 aliphatic carbocycles. The van der Waals surface area contributed by atoms with Gasteiger partial charge in [0.2, 0.25) is 0 Å². The molecule has 0 aromatic carbocycles. The van der Waals surface area contributed by atoms with Gasteiger partial charge in [-0.2, -0.15) is 0 Å². The summed E-state index contributed by atoms with van der Waals surface area (Å²) in [6.45, 7) is 8.16. The van der Waals surface area contributed by atoms with Crippen LogP contribution in [0.5, 0.6) is 0 Å². The average Bonchev–Trinajstić information content (AvgIpc) is 2.66. The lowest BCUT2D eigenvalue weighted by Gasteiger charge is -2.05. The maximum absolute atomic E-state index is 12.1. The van der Waals surface area contributed by atoms with Crippen molar-refractivity contribution in [1.29, 1.82) is 0 Å². The van der Waals surface area contributed by atoms with Crippen molar-refractivity contribution in [2.45, 2.75) is 27.7 Å². The quantitative estimate of drug-likeness (QED) is 0.620. The summed E-state index contributed by atoms with van der Waals surface area (Å²) in [7, 11) is 0. The molecule has 0 fully saturated rings. The third-order valence-corrected chi connectivity index (χ3v) is 3.69. The van der Waals surface area contributed by atoms with Crippen molar-refractivity contribution in [2.24, 2.45) is 5.92 Å². The zero-order valence-corrected chi connectivity index (χ0v) is 12.5. The summed E-state index contributed by atoms with van der Waals surface area (Å²) < 4.78 is 4.99. The summed E-state index contributed by atoms with van der Waals surface area (Å²) in [6.07, 6.45) is 0. The van der Waals surface area contributed by atoms with E-state index in [1.165, 1.54) is 11.3 Å². The van der Waals surface area contributed by atoms with Gasteiger partial charge in [-0.1, -0.05) is 13.8 Å². The second kappa shape index (κ2) is 6.56. The largest absolute Gasteiger partial charge is 0.462 e. The fourth-order valence-electron chi connectivity index (χ4n) is 1.58. The number of rotatable bonds is 6. The molecule has 1 aromatic heterocycles. The van der Waals surface area contributed by atoms with Crippen LogP contribution in [0.3, 0.4) is 0 Å². The van der Waals surface area contributed by atoms with Gasteiger partial charge >= 0.3 is 5.97 Å². The van der Waals surface area contributed by atoms with Crippen LogP contribution in [-0.4, -0.2) is 24.9 Å². The summed E-state index contributed by atoms with van der Waals surface area (Å²) in [5.41, 5.74) is 6.45. The van der Waals surface area contributed by atoms with Crippen molar-refractivity contribution in [1.82, 2.24) is 0 Å². The minimum atomic E-state index is -0.491. The van der Waals surface area contributed by atoms with Gasteiger partial charge < -0.3 is 15.8 Å². The number of nitrogens with two attached hydrogens (primary N) is 1. The van der Waals surface area contributed by atoms with E-state index in [1.807, 2.05) is 6.92 Å². The van der Waals surface area contributed by atoms with Gasteiger partial charge in [-0.3, -0.25) is 4.79 Å². The molecule has 0 spiro atoms. The Labute approximate surface area is 117 Å². The van der Waals surface area contributed by atoms with Gasteiger partial charge in [0.05, 0.1) is 17.2 Å². The summed E-state index contributed by atoms with van der Waals surface area (Å²) in [5.74, 6) is -0.710. The number of carbonyl (C=O) groups is 2. The number of ketones is 1. The number of ether oxygens (including phenoxy) is 1. The number of Topliss-reactive ketones (excluding diaryl/α,β-unsaturated/α-hetero) is 1. The molecule has 0 bridgehead atoms. The van der Waals surface area contributed by atoms with Gasteiger partial charge in [-0.25, -0.2) is 4.79 Å². The number of nitrogens with one attached hydrogen (secondary N) is 1. The van der Waals surface area contributed by atoms with Crippen LogP contribution >= 0.6 is 11.3 Å². The first-order valence-electron chi connectivity index (χ1n) is 6.31. The highest BCUT2D eigenvalue weighted by atomic mass is 32.1. The fraction of sp³-hybridized carbons (Fsp3) is 0.538. The standard InChI is InChI=1S/C13H20N2O3S/c1-5-15-12-8(13(17)18-6-2)9(14)11(19-12)10(16)7(3)4/h7,15H,5-6,14H2,1-4H3. The Hall–Kier alpha value is -1.56. The Balaban J connectivity index is 3.27. The topological polar surface area (TPSA) is 81.4 Å². The molecule has 0 unspecified atom stereocenters. The molecular weight excluding hydrogens is 264 g/mol. The van der Waals surface area contributed by atoms with E-state index in [1.54, 1.807) is 20.8 Å². The van der Waals surface area contributed by atoms with E-state index in [-0.39, 0.29) is 29.6 Å². The number of hydrogen-bond donors (Lipinski definition) is 2. The van der Waals surface area contributed by atoms with E-state index in [9.17, 15) is 9.59 Å². The number of thiophene rings is 1. The first-order valence-corrected chi connectivity index (χ1v) is 7.13. The molecular formula is C13H20N2O3S. The van der Waals surface area contributed by atoms with Gasteiger partial charge in [-0.05, 0) is 13.8 Å². The zero-order valence-electron chi connectivity index (χ0n) is 11.7. The second-order valence-electron chi connectivity index (χ2n) is 4.32. The van der Waals surface area contributed by atoms with E-state index in [0.29, 0.717) is 16.4 Å². The van der Waals surface area contributed by atoms with Crippen molar-refractivity contribution in [3.8, 4) is 0 Å². The first-order chi connectivity index (χ1) is 8.93. The summed E-state index contributed by atoms with van der Waals surface area (Å²) in [6, 6.07) is 0. The van der Waals surface area contributed by atoms with Crippen LogP contribution in [0.1, 0.15) is 47.7 Å². The Bertz CT molecular complexity index is 480. The van der Waals surface area contributed by atoms with Gasteiger partial charge in [0.15, 0.2) is 5.78 Å². The molecule has 0 saturated heterocycles. The first kappa shape index (κ1) is 15.5. The molecule has 5 nitrogen and oxygen atoms in total. The third kappa shape index (κ3) is 3.26. The highest BCUT2D eigenvalue weighted by Gasteiger charge is 2.27. The lowest BCUT2D eigenvalue weighted by molar-refractivity contribution is 0.0529. The lowest BCUT2D eigenvalue weighted by atomic mass is 10.1. The predicted molar refractivity (Wildman–Crippen MR) is 78.0 cm³/mol. The molecule has 1 rings (SSSR count). The number of anilines is 2. The minimum Gasteiger partial charge on any atom is -0.462 e. The highest BCUT2D eigenvalue weighted by molar-refractivity contribution is 7.19. The molecule has 0 aliphatic rings. The average molecular weight is 284 g/mol. The maximum Gasteiger partial charge on any atom is 0.343 e. The molecule has 1 aromatic rings. The monoisotopic (exact) mass is 284 g/mol. The molecule has 0 atom stereocenters. The number of hydrogen-bond acceptors (Lipinski definition) is 6. The molecule has 106 valence electrons. The van der Waals surface area contributed by atoms with Crippen molar-refractivity contribution >= 4 is 33.8 Å². The Morgan fingerprint density at radius 1 is 1.37 bits per heavy atom. The van der Waals surface area contributed by atoms with E-state index in [4.69, 9.17) is 10.5 Å². The van der Waals surface area contributed by atoms with E-state index in [2.05, 4.69) is 5.32 Å². The number of esters is 1. The van der Waals surface area contributed by atoms with Crippen molar-refractivity contribution in [3.63, 3.8) is 0 Å². The molecule has 1 heterocycles. The Morgan fingerprint density at radius 3 is 2.47 bits per heavy atom. The predicted octanol–water partition coefficient (Wildman–Crippen LogP) is 2.78. The van der Waals surface area contributed by atoms with Crippen molar-refractivity contribution < 1.29 is 14.3 Å². The SMILES string of the molecule is CCNc1sc(C(=O)C(C)C)c(N)c1C(=O)OCC. The zero-order chi connectivity index (χ0) is 14.6. The van der Waals surface area contributed by atoms with Crippen LogP contribution in [0.15, 0.2) is 0 Å². The van der Waals surface area contributed by atoms with Crippen LogP contribution in [-0.2, 0) is 4.74 Å². The summed E-state index contributed by atoms with van der Waals surface area (Å²) >= 11 is 1.21. The molecule has 0 amide bonds. The van der Waals surface area contributed by atoms with Crippen molar-refractivity contribution in [3.05, 3.63) is 10.4 Å². The van der Waals surface area contributed by atoms with Gasteiger partial charge in [0.1, 0.15) is 10.6 Å². The number of carbonyl (C=O) groups excluding carboxylic acids is 2. The molecule has 0 radical (unpaired) electrons. The van der Waals surface area contributed by atoms with Crippen molar-refractivity contribution in [2.75, 3.05) is 24.2 Å². The molecule has 6 heteroatoms. The smallest absolute Gasteiger partial charge is 0.343 e. The highest BCUT2D eigenvalue weighted by Crippen LogP contribution is 2.37. The van der Waals surface area contributed by atoms with Crippen LogP contribution < -0.4 is 11.1 Å². The lowest BCUT2D eigenvalue weighted by Crippen LogP contribution is -2.12. The van der Waals surface area contributed by atoms with E-state index in [0.717, 1.165) is 0 Å². The van der Waals surface area contributed by atoms with Gasteiger partial charge in [-0.15, -0.1) is 11.3 Å².